The van der Waals surface area contributed by atoms with Crippen molar-refractivity contribution >= 4 is 5.69 Å². The lowest BCUT2D eigenvalue weighted by Gasteiger charge is -2.24. The molecule has 70 valence electrons. The lowest BCUT2D eigenvalue weighted by molar-refractivity contribution is 0.245. The lowest BCUT2D eigenvalue weighted by Crippen LogP contribution is -2.36. The molecular formula is C10H14N2O. The first-order chi connectivity index (χ1) is 6.29. The number of rotatable bonds is 1. The van der Waals surface area contributed by atoms with E-state index >= 15 is 0 Å². The van der Waals surface area contributed by atoms with Gasteiger partial charge in [0.05, 0.1) is 0 Å². The topological polar surface area (TPSA) is 47.3 Å². The van der Waals surface area contributed by atoms with Gasteiger partial charge < -0.3 is 15.8 Å². The molecule has 0 fully saturated rings. The Balaban J connectivity index is 2.26. The molecule has 0 bridgehead atoms. The van der Waals surface area contributed by atoms with Gasteiger partial charge in [-0.15, -0.1) is 0 Å². The molecule has 0 saturated carbocycles. The van der Waals surface area contributed by atoms with E-state index in [-0.39, 0.29) is 0 Å². The van der Waals surface area contributed by atoms with E-state index < -0.39 is 0 Å². The first-order valence-electron chi connectivity index (χ1n) is 4.48. The molecule has 1 aromatic rings. The molecule has 3 heteroatoms. The van der Waals surface area contributed by atoms with Crippen LogP contribution in [0.4, 0.5) is 5.69 Å². The third-order valence-electron chi connectivity index (χ3n) is 2.41. The molecule has 0 aliphatic carbocycles. The van der Waals surface area contributed by atoms with Gasteiger partial charge in [0.15, 0.2) is 0 Å². The Kier molecular flexibility index (Phi) is 2.10. The number of benzene rings is 1. The molecule has 0 amide bonds. The van der Waals surface area contributed by atoms with Gasteiger partial charge in [0.25, 0.3) is 0 Å². The van der Waals surface area contributed by atoms with Gasteiger partial charge in [0, 0.05) is 17.8 Å². The van der Waals surface area contributed by atoms with Crippen molar-refractivity contribution in [2.24, 2.45) is 0 Å². The molecule has 1 aliphatic heterocycles. The number of hydrogen-bond donors (Lipinski definition) is 2. The van der Waals surface area contributed by atoms with E-state index in [0.29, 0.717) is 6.04 Å². The maximum atomic E-state index is 5.65. The number of likely N-dealkylation sites (N-methyl/N-ethyl adjacent to an activating group) is 1. The molecule has 1 atom stereocenters. The second kappa shape index (κ2) is 3.26. The smallest absolute Gasteiger partial charge is 0.124 e. The maximum Gasteiger partial charge on any atom is 0.124 e. The average Bonchev–Trinajstić information content (AvgIpc) is 2.17. The monoisotopic (exact) mass is 178 g/mol. The largest absolute Gasteiger partial charge is 0.492 e. The van der Waals surface area contributed by atoms with Crippen LogP contribution in [0.1, 0.15) is 5.56 Å². The molecule has 13 heavy (non-hydrogen) atoms. The average molecular weight is 178 g/mol. The van der Waals surface area contributed by atoms with Crippen LogP contribution in [0.2, 0.25) is 0 Å². The van der Waals surface area contributed by atoms with Gasteiger partial charge >= 0.3 is 0 Å². The summed E-state index contributed by atoms with van der Waals surface area (Å²) in [4.78, 5) is 0. The van der Waals surface area contributed by atoms with Crippen molar-refractivity contribution in [3.63, 3.8) is 0 Å². The van der Waals surface area contributed by atoms with E-state index in [2.05, 4.69) is 5.32 Å². The Morgan fingerprint density at radius 2 is 2.38 bits per heavy atom. The molecule has 1 aliphatic rings. The molecule has 0 saturated heterocycles. The predicted octanol–water partition coefficient (Wildman–Crippen LogP) is 0.792. The highest BCUT2D eigenvalue weighted by Crippen LogP contribution is 2.26. The summed E-state index contributed by atoms with van der Waals surface area (Å²) in [6.07, 6.45) is 1.02. The minimum atomic E-state index is 0.427. The zero-order valence-corrected chi connectivity index (χ0v) is 7.71. The van der Waals surface area contributed by atoms with E-state index in [0.717, 1.165) is 24.5 Å². The van der Waals surface area contributed by atoms with Gasteiger partial charge in [-0.25, -0.2) is 0 Å². The number of nitrogens with two attached hydrogens (primary N) is 1. The molecular weight excluding hydrogens is 164 g/mol. The van der Waals surface area contributed by atoms with Crippen LogP contribution in [0, 0.1) is 0 Å². The predicted molar refractivity (Wildman–Crippen MR) is 52.9 cm³/mol. The van der Waals surface area contributed by atoms with Crippen LogP contribution in [0.5, 0.6) is 5.75 Å². The number of nitrogen functional groups attached to an aromatic ring is 1. The van der Waals surface area contributed by atoms with Crippen LogP contribution in [-0.4, -0.2) is 19.7 Å². The van der Waals surface area contributed by atoms with Gasteiger partial charge in [0.2, 0.25) is 0 Å². The second-order valence-corrected chi connectivity index (χ2v) is 3.37. The van der Waals surface area contributed by atoms with E-state index in [1.165, 1.54) is 5.56 Å². The number of ether oxygens (including phenoxy) is 1. The van der Waals surface area contributed by atoms with E-state index in [1.807, 2.05) is 25.2 Å². The fraction of sp³-hybridized carbons (Fsp3) is 0.400. The zero-order chi connectivity index (χ0) is 9.26. The summed E-state index contributed by atoms with van der Waals surface area (Å²) in [6, 6.07) is 6.27. The molecule has 2 rings (SSSR count). The minimum Gasteiger partial charge on any atom is -0.492 e. The summed E-state index contributed by atoms with van der Waals surface area (Å²) in [7, 11) is 1.95. The quantitative estimate of drug-likeness (QED) is 0.625. The summed E-state index contributed by atoms with van der Waals surface area (Å²) in [5.74, 6) is 0.937. The number of fused-ring (bicyclic) bond motifs is 1. The third kappa shape index (κ3) is 1.60. The van der Waals surface area contributed by atoms with Crippen molar-refractivity contribution < 1.29 is 4.74 Å². The summed E-state index contributed by atoms with van der Waals surface area (Å²) < 4.78 is 5.57. The maximum absolute atomic E-state index is 5.65. The summed E-state index contributed by atoms with van der Waals surface area (Å²) in [6.45, 7) is 0.729. The van der Waals surface area contributed by atoms with Crippen LogP contribution in [0.15, 0.2) is 18.2 Å². The van der Waals surface area contributed by atoms with Crippen LogP contribution >= 0.6 is 0 Å². The van der Waals surface area contributed by atoms with E-state index in [9.17, 15) is 0 Å². The second-order valence-electron chi connectivity index (χ2n) is 3.37. The third-order valence-corrected chi connectivity index (χ3v) is 2.41. The van der Waals surface area contributed by atoms with Crippen LogP contribution in [-0.2, 0) is 6.42 Å². The summed E-state index contributed by atoms with van der Waals surface area (Å²) in [5.41, 5.74) is 7.65. The minimum absolute atomic E-state index is 0.427. The normalized spacial score (nSPS) is 20.5. The SMILES string of the molecule is CNC1COc2cc(N)ccc2C1. The van der Waals surface area contributed by atoms with Crippen molar-refractivity contribution in [3.8, 4) is 5.75 Å². The van der Waals surface area contributed by atoms with Crippen molar-refractivity contribution in [2.75, 3.05) is 19.4 Å². The van der Waals surface area contributed by atoms with Crippen molar-refractivity contribution in [1.29, 1.82) is 0 Å². The fourth-order valence-corrected chi connectivity index (χ4v) is 1.57. The first kappa shape index (κ1) is 8.38. The lowest BCUT2D eigenvalue weighted by atomic mass is 10.0. The molecule has 0 aromatic heterocycles. The number of anilines is 1. The molecule has 0 spiro atoms. The molecule has 1 heterocycles. The van der Waals surface area contributed by atoms with Crippen LogP contribution < -0.4 is 15.8 Å². The summed E-state index contributed by atoms with van der Waals surface area (Å²) >= 11 is 0. The van der Waals surface area contributed by atoms with E-state index in [1.54, 1.807) is 0 Å². The summed E-state index contributed by atoms with van der Waals surface area (Å²) in [5, 5.41) is 3.20. The van der Waals surface area contributed by atoms with Crippen LogP contribution in [0.25, 0.3) is 0 Å². The van der Waals surface area contributed by atoms with Crippen molar-refractivity contribution in [2.45, 2.75) is 12.5 Å². The Morgan fingerprint density at radius 1 is 1.54 bits per heavy atom. The highest BCUT2D eigenvalue weighted by molar-refractivity contribution is 5.49. The van der Waals surface area contributed by atoms with Crippen molar-refractivity contribution in [1.82, 2.24) is 5.32 Å². The Labute approximate surface area is 77.9 Å². The highest BCUT2D eigenvalue weighted by atomic mass is 16.5. The fourth-order valence-electron chi connectivity index (χ4n) is 1.57. The number of nitrogens with one attached hydrogen (secondary N) is 1. The van der Waals surface area contributed by atoms with E-state index in [4.69, 9.17) is 10.5 Å². The number of hydrogen-bond acceptors (Lipinski definition) is 3. The van der Waals surface area contributed by atoms with Crippen molar-refractivity contribution in [3.05, 3.63) is 23.8 Å². The molecule has 3 N–H and O–H groups in total. The molecule has 0 radical (unpaired) electrons. The first-order valence-corrected chi connectivity index (χ1v) is 4.48. The Hall–Kier alpha value is -1.22. The highest BCUT2D eigenvalue weighted by Gasteiger charge is 2.17. The molecule has 1 unspecified atom stereocenters. The van der Waals surface area contributed by atoms with Gasteiger partial charge in [-0.05, 0) is 25.1 Å². The van der Waals surface area contributed by atoms with Crippen LogP contribution in [0.3, 0.4) is 0 Å². The van der Waals surface area contributed by atoms with Gasteiger partial charge in [-0.2, -0.15) is 0 Å². The van der Waals surface area contributed by atoms with Gasteiger partial charge in [0.1, 0.15) is 12.4 Å². The zero-order valence-electron chi connectivity index (χ0n) is 7.71. The Morgan fingerprint density at radius 3 is 3.15 bits per heavy atom. The standard InChI is InChI=1S/C10H14N2O/c1-12-9-4-7-2-3-8(11)5-10(7)13-6-9/h2-3,5,9,12H,4,6,11H2,1H3. The Bertz CT molecular complexity index is 312. The molecule has 1 aromatic carbocycles. The van der Waals surface area contributed by atoms with Gasteiger partial charge in [-0.3, -0.25) is 0 Å². The van der Waals surface area contributed by atoms with Gasteiger partial charge in [-0.1, -0.05) is 6.07 Å². The molecule has 3 nitrogen and oxygen atoms in total.